The van der Waals surface area contributed by atoms with Crippen LogP contribution in [0.3, 0.4) is 0 Å². The highest BCUT2D eigenvalue weighted by Crippen LogP contribution is 2.18. The van der Waals surface area contributed by atoms with Crippen LogP contribution in [0.2, 0.25) is 5.02 Å². The van der Waals surface area contributed by atoms with Gasteiger partial charge in [0.25, 0.3) is 0 Å². The molecule has 0 unspecified atom stereocenters. The molecule has 0 aliphatic carbocycles. The summed E-state index contributed by atoms with van der Waals surface area (Å²) < 4.78 is 26.7. The molecule has 0 spiro atoms. The van der Waals surface area contributed by atoms with Crippen LogP contribution in [0.4, 0.5) is 0 Å². The van der Waals surface area contributed by atoms with Crippen LogP contribution in [0.1, 0.15) is 10.4 Å². The molecule has 2 aromatic carbocycles. The minimum absolute atomic E-state index is 0.100. The average molecular weight is 403 g/mol. The molecule has 0 aliphatic heterocycles. The molecule has 0 aromatic heterocycles. The van der Waals surface area contributed by atoms with Gasteiger partial charge in [0, 0.05) is 22.1 Å². The minimum Gasteiger partial charge on any atom is -0.293 e. The Morgan fingerprint density at radius 3 is 2.18 bits per heavy atom. The van der Waals surface area contributed by atoms with Gasteiger partial charge in [-0.15, -0.1) is 0 Å². The van der Waals surface area contributed by atoms with Crippen molar-refractivity contribution in [3.8, 4) is 0 Å². The molecule has 0 fully saturated rings. The first-order chi connectivity index (χ1) is 10.3. The van der Waals surface area contributed by atoms with E-state index in [0.717, 1.165) is 8.78 Å². The molecular weight excluding hydrogens is 390 g/mol. The number of carbonyl (C=O) groups excluding carboxylic acids is 1. The van der Waals surface area contributed by atoms with E-state index in [9.17, 15) is 13.2 Å². The number of nitrogens with zero attached hydrogens (tertiary/aromatic N) is 1. The molecule has 0 radical (unpaired) electrons. The quantitative estimate of drug-likeness (QED) is 0.718. The Balaban J connectivity index is 2.17. The van der Waals surface area contributed by atoms with Gasteiger partial charge in [-0.1, -0.05) is 39.7 Å². The first kappa shape index (κ1) is 17.1. The van der Waals surface area contributed by atoms with Crippen LogP contribution in [0, 0.1) is 0 Å². The fourth-order valence-corrected chi connectivity index (χ4v) is 3.32. The van der Waals surface area contributed by atoms with Gasteiger partial charge >= 0.3 is 0 Å². The molecule has 0 atom stereocenters. The first-order valence-corrected chi connectivity index (χ1v) is 8.92. The lowest BCUT2D eigenvalue weighted by Gasteiger charge is -2.16. The second-order valence-electron chi connectivity index (χ2n) is 4.65. The molecule has 4 nitrogen and oxygen atoms in total. The fourth-order valence-electron chi connectivity index (χ4n) is 1.80. The number of carbonyl (C=O) groups is 1. The number of Topliss-reactive ketones (excluding diaryl/α,β-unsaturated/α-hetero) is 1. The number of likely N-dealkylation sites (N-methyl/N-ethyl adjacent to an activating group) is 1. The van der Waals surface area contributed by atoms with Crippen molar-refractivity contribution in [3.05, 3.63) is 63.6 Å². The number of rotatable bonds is 5. The van der Waals surface area contributed by atoms with Gasteiger partial charge in [-0.05, 0) is 36.4 Å². The number of hydrogen-bond donors (Lipinski definition) is 0. The molecule has 0 saturated heterocycles. The van der Waals surface area contributed by atoms with Gasteiger partial charge in [0.05, 0.1) is 11.4 Å². The first-order valence-electron chi connectivity index (χ1n) is 6.31. The molecule has 2 aromatic rings. The van der Waals surface area contributed by atoms with Crippen LogP contribution in [0.25, 0.3) is 0 Å². The van der Waals surface area contributed by atoms with Crippen molar-refractivity contribution in [1.29, 1.82) is 0 Å². The molecule has 0 saturated carbocycles. The Morgan fingerprint density at radius 2 is 1.64 bits per heavy atom. The predicted molar refractivity (Wildman–Crippen MR) is 89.7 cm³/mol. The smallest absolute Gasteiger partial charge is 0.243 e. The largest absolute Gasteiger partial charge is 0.293 e. The number of ketones is 1. The number of halogens is 2. The van der Waals surface area contributed by atoms with Gasteiger partial charge < -0.3 is 0 Å². The third kappa shape index (κ3) is 3.95. The normalized spacial score (nSPS) is 11.6. The van der Waals surface area contributed by atoms with E-state index in [1.165, 1.54) is 31.3 Å². The lowest BCUT2D eigenvalue weighted by atomic mass is 10.1. The van der Waals surface area contributed by atoms with Crippen molar-refractivity contribution >= 4 is 43.3 Å². The van der Waals surface area contributed by atoms with E-state index in [4.69, 9.17) is 11.6 Å². The van der Waals surface area contributed by atoms with E-state index in [0.29, 0.717) is 10.6 Å². The highest BCUT2D eigenvalue weighted by atomic mass is 79.9. The minimum atomic E-state index is -3.72. The van der Waals surface area contributed by atoms with Crippen LogP contribution in [0.15, 0.2) is 57.9 Å². The molecule has 0 amide bonds. The van der Waals surface area contributed by atoms with Crippen molar-refractivity contribution in [3.63, 3.8) is 0 Å². The Labute approximate surface area is 142 Å². The summed E-state index contributed by atoms with van der Waals surface area (Å²) in [6.45, 7) is -0.230. The van der Waals surface area contributed by atoms with Crippen molar-refractivity contribution < 1.29 is 13.2 Å². The molecule has 2 rings (SSSR count). The summed E-state index contributed by atoms with van der Waals surface area (Å²) in [6.07, 6.45) is 0. The Kier molecular flexibility index (Phi) is 5.39. The van der Waals surface area contributed by atoms with Crippen LogP contribution >= 0.6 is 27.5 Å². The molecular formula is C15H13BrClNO3S. The van der Waals surface area contributed by atoms with Crippen LogP contribution < -0.4 is 0 Å². The summed E-state index contributed by atoms with van der Waals surface area (Å²) in [4.78, 5) is 12.3. The van der Waals surface area contributed by atoms with E-state index in [1.807, 2.05) is 0 Å². The zero-order valence-electron chi connectivity index (χ0n) is 11.7. The standard InChI is InChI=1S/C15H13BrClNO3S/c1-18(10-15(19)11-2-4-12(16)5-3-11)22(20,21)14-8-6-13(17)7-9-14/h2-9H,10H2,1H3. The Hall–Kier alpha value is -1.21. The molecule has 0 N–H and O–H groups in total. The zero-order valence-corrected chi connectivity index (χ0v) is 14.8. The zero-order chi connectivity index (χ0) is 16.3. The van der Waals surface area contributed by atoms with Gasteiger partial charge in [0.15, 0.2) is 5.78 Å². The number of hydrogen-bond acceptors (Lipinski definition) is 3. The van der Waals surface area contributed by atoms with Gasteiger partial charge in [0.1, 0.15) is 0 Å². The lowest BCUT2D eigenvalue weighted by Crippen LogP contribution is -2.32. The molecule has 0 heterocycles. The lowest BCUT2D eigenvalue weighted by molar-refractivity contribution is 0.0973. The summed E-state index contributed by atoms with van der Waals surface area (Å²) in [5.74, 6) is -0.271. The third-order valence-corrected chi connectivity index (χ3v) is 5.65. The summed E-state index contributed by atoms with van der Waals surface area (Å²) in [6, 6.07) is 12.6. The van der Waals surface area contributed by atoms with Crippen LogP contribution in [0.5, 0.6) is 0 Å². The monoisotopic (exact) mass is 401 g/mol. The van der Waals surface area contributed by atoms with Crippen molar-refractivity contribution in [1.82, 2.24) is 4.31 Å². The summed E-state index contributed by atoms with van der Waals surface area (Å²) in [5.41, 5.74) is 0.460. The van der Waals surface area contributed by atoms with Gasteiger partial charge in [-0.2, -0.15) is 4.31 Å². The van der Waals surface area contributed by atoms with E-state index in [2.05, 4.69) is 15.9 Å². The predicted octanol–water partition coefficient (Wildman–Crippen LogP) is 3.61. The average Bonchev–Trinajstić information content (AvgIpc) is 2.48. The van der Waals surface area contributed by atoms with Crippen molar-refractivity contribution in [2.45, 2.75) is 4.90 Å². The topological polar surface area (TPSA) is 54.5 Å². The maximum absolute atomic E-state index is 12.4. The second-order valence-corrected chi connectivity index (χ2v) is 8.04. The molecule has 0 bridgehead atoms. The Bertz CT molecular complexity index is 773. The van der Waals surface area contributed by atoms with Gasteiger partial charge in [-0.3, -0.25) is 4.79 Å². The fraction of sp³-hybridized carbons (Fsp3) is 0.133. The number of benzene rings is 2. The number of sulfonamides is 1. The van der Waals surface area contributed by atoms with E-state index in [-0.39, 0.29) is 17.2 Å². The molecule has 0 aliphatic rings. The maximum Gasteiger partial charge on any atom is 0.243 e. The molecule has 116 valence electrons. The van der Waals surface area contributed by atoms with E-state index < -0.39 is 10.0 Å². The Morgan fingerprint density at radius 1 is 1.09 bits per heavy atom. The van der Waals surface area contributed by atoms with Crippen LogP contribution in [-0.4, -0.2) is 32.1 Å². The third-order valence-electron chi connectivity index (χ3n) is 3.05. The summed E-state index contributed by atoms with van der Waals surface area (Å²) in [5, 5.41) is 0.451. The highest BCUT2D eigenvalue weighted by Gasteiger charge is 2.23. The highest BCUT2D eigenvalue weighted by molar-refractivity contribution is 9.10. The van der Waals surface area contributed by atoms with Crippen molar-refractivity contribution in [2.75, 3.05) is 13.6 Å². The van der Waals surface area contributed by atoms with E-state index in [1.54, 1.807) is 24.3 Å². The van der Waals surface area contributed by atoms with Gasteiger partial charge in [-0.25, -0.2) is 8.42 Å². The second kappa shape index (κ2) is 6.91. The molecule has 7 heteroatoms. The molecule has 22 heavy (non-hydrogen) atoms. The van der Waals surface area contributed by atoms with Crippen LogP contribution in [-0.2, 0) is 10.0 Å². The SMILES string of the molecule is CN(CC(=O)c1ccc(Br)cc1)S(=O)(=O)c1ccc(Cl)cc1. The summed E-state index contributed by atoms with van der Waals surface area (Å²) >= 11 is 9.04. The van der Waals surface area contributed by atoms with E-state index >= 15 is 0 Å². The van der Waals surface area contributed by atoms with Crippen molar-refractivity contribution in [2.24, 2.45) is 0 Å². The summed E-state index contributed by atoms with van der Waals surface area (Å²) in [7, 11) is -2.35. The maximum atomic E-state index is 12.4. The van der Waals surface area contributed by atoms with Gasteiger partial charge in [0.2, 0.25) is 10.0 Å².